The highest BCUT2D eigenvalue weighted by Crippen LogP contribution is 2.38. The molecule has 0 aliphatic rings. The second-order valence-electron chi connectivity index (χ2n) is 18.6. The SMILES string of the molecule is CC(C)c1ccc(S(=O)(=O)c2ccccc2)cc1.CC(C)c1ccc2ccc3cccc4ccc1c2c34.CC(C)c1nc(-c2ccccc2)nc(-c2ccccc2)n1.[C-]#[N+]c1cc(C#N)cc(C(C)C)c1. The van der Waals surface area contributed by atoms with Crippen molar-refractivity contribution in [1.29, 1.82) is 5.26 Å². The first-order valence-corrected chi connectivity index (χ1v) is 25.5. The summed E-state index contributed by atoms with van der Waals surface area (Å²) in [6.45, 7) is 23.9. The number of nitriles is 1. The van der Waals surface area contributed by atoms with E-state index in [9.17, 15) is 8.42 Å². The molecule has 9 aromatic carbocycles. The maximum absolute atomic E-state index is 12.3. The highest BCUT2D eigenvalue weighted by Gasteiger charge is 2.18. The third kappa shape index (κ3) is 12.2. The Bertz CT molecular complexity index is 3460. The molecule has 71 heavy (non-hydrogen) atoms. The van der Waals surface area contributed by atoms with Crippen molar-refractivity contribution in [2.24, 2.45) is 0 Å². The summed E-state index contributed by atoms with van der Waals surface area (Å²) in [6.07, 6.45) is 0. The molecule has 0 saturated heterocycles. The largest absolute Gasteiger partial charge is 0.238 e. The van der Waals surface area contributed by atoms with E-state index < -0.39 is 9.84 Å². The van der Waals surface area contributed by atoms with Crippen LogP contribution in [-0.4, -0.2) is 23.4 Å². The minimum Gasteiger partial charge on any atom is -0.238 e. The van der Waals surface area contributed by atoms with Crippen LogP contribution in [0.25, 0.3) is 59.9 Å². The average Bonchev–Trinajstić information content (AvgIpc) is 3.41. The van der Waals surface area contributed by atoms with Gasteiger partial charge in [0.1, 0.15) is 5.82 Å². The first-order valence-electron chi connectivity index (χ1n) is 24.0. The van der Waals surface area contributed by atoms with Gasteiger partial charge in [-0.15, -0.1) is 0 Å². The highest BCUT2D eigenvalue weighted by molar-refractivity contribution is 7.91. The molecule has 10 aromatic rings. The maximum Gasteiger partial charge on any atom is 0.206 e. The maximum atomic E-state index is 12.3. The first kappa shape index (κ1) is 50.8. The summed E-state index contributed by atoms with van der Waals surface area (Å²) in [7, 11) is -3.38. The monoisotopic (exact) mass is 949 g/mol. The summed E-state index contributed by atoms with van der Waals surface area (Å²) in [6, 6.07) is 63.1. The van der Waals surface area contributed by atoms with Crippen LogP contribution in [-0.2, 0) is 9.84 Å². The Balaban J connectivity index is 0.000000141. The summed E-state index contributed by atoms with van der Waals surface area (Å²) >= 11 is 0. The van der Waals surface area contributed by atoms with Crippen LogP contribution < -0.4 is 0 Å². The smallest absolute Gasteiger partial charge is 0.206 e. The van der Waals surface area contributed by atoms with Crippen LogP contribution in [0.2, 0.25) is 0 Å². The highest BCUT2D eigenvalue weighted by atomic mass is 32.2. The molecule has 0 spiro atoms. The van der Waals surface area contributed by atoms with Crippen molar-refractivity contribution >= 4 is 47.8 Å². The van der Waals surface area contributed by atoms with Crippen LogP contribution >= 0.6 is 0 Å². The molecule has 0 aliphatic heterocycles. The van der Waals surface area contributed by atoms with Crippen molar-refractivity contribution in [3.63, 3.8) is 0 Å². The Hall–Kier alpha value is -8.04. The van der Waals surface area contributed by atoms with E-state index in [-0.39, 0.29) is 5.92 Å². The number of hydrogen-bond donors (Lipinski definition) is 0. The molecule has 354 valence electrons. The van der Waals surface area contributed by atoms with Gasteiger partial charge in [-0.3, -0.25) is 0 Å². The standard InChI is InChI=1S/C19H16.C18H17N3.C15H16O2S.C11H10N2/c1-12(2)16-10-8-15-7-6-13-4-3-5-14-9-11-17(16)19(15)18(13)14;1-13(2)16-19-17(14-9-5-3-6-10-14)21-18(20-16)15-11-7-4-8-12-15;1-12(2)13-8-10-15(11-9-13)18(16,17)14-6-4-3-5-7-14;1-8(2)10-4-9(7-12)5-11(6-10)13-3/h3-12H,1-2H3;3-13H,1-2H3;3-12H,1-2H3;4-6,8H,1-2H3. The molecule has 1 aromatic heterocycles. The summed E-state index contributed by atoms with van der Waals surface area (Å²) in [5.41, 5.74) is 6.77. The zero-order chi connectivity index (χ0) is 50.7. The van der Waals surface area contributed by atoms with E-state index in [1.165, 1.54) is 37.9 Å². The third-order valence-electron chi connectivity index (χ3n) is 12.2. The van der Waals surface area contributed by atoms with Gasteiger partial charge in [-0.1, -0.05) is 213 Å². The zero-order valence-electron chi connectivity index (χ0n) is 41.7. The quantitative estimate of drug-likeness (QED) is 0.111. The fourth-order valence-electron chi connectivity index (χ4n) is 8.21. The average molecular weight is 950 g/mol. The lowest BCUT2D eigenvalue weighted by Gasteiger charge is -2.15. The van der Waals surface area contributed by atoms with Gasteiger partial charge in [-0.05, 0) is 97.6 Å². The van der Waals surface area contributed by atoms with Gasteiger partial charge < -0.3 is 0 Å². The topological polar surface area (TPSA) is 101 Å². The van der Waals surface area contributed by atoms with Crippen molar-refractivity contribution in [2.45, 2.75) is 88.9 Å². The lowest BCUT2D eigenvalue weighted by atomic mass is 9.89. The predicted molar refractivity (Wildman–Crippen MR) is 293 cm³/mol. The third-order valence-corrected chi connectivity index (χ3v) is 14.0. The van der Waals surface area contributed by atoms with Gasteiger partial charge in [-0.25, -0.2) is 28.2 Å². The van der Waals surface area contributed by atoms with Gasteiger partial charge in [0.15, 0.2) is 17.3 Å². The van der Waals surface area contributed by atoms with Crippen molar-refractivity contribution in [3.05, 3.63) is 228 Å². The fourth-order valence-corrected chi connectivity index (χ4v) is 9.49. The molecular weight excluding hydrogens is 891 g/mol. The van der Waals surface area contributed by atoms with E-state index in [2.05, 4.69) is 122 Å². The predicted octanol–water partition coefficient (Wildman–Crippen LogP) is 16.9. The van der Waals surface area contributed by atoms with E-state index in [0.29, 0.717) is 38.8 Å². The van der Waals surface area contributed by atoms with E-state index in [1.54, 1.807) is 48.5 Å². The number of aromatic nitrogens is 3. The molecule has 0 saturated carbocycles. The minimum absolute atomic E-state index is 0.262. The second-order valence-corrected chi connectivity index (χ2v) is 20.6. The molecule has 0 N–H and O–H groups in total. The molecule has 8 heteroatoms. The molecule has 0 aliphatic carbocycles. The first-order chi connectivity index (χ1) is 34.2. The van der Waals surface area contributed by atoms with Crippen molar-refractivity contribution < 1.29 is 8.42 Å². The van der Waals surface area contributed by atoms with Crippen LogP contribution in [0.5, 0.6) is 0 Å². The zero-order valence-corrected chi connectivity index (χ0v) is 42.5. The number of rotatable bonds is 8. The van der Waals surface area contributed by atoms with Gasteiger partial charge in [-0.2, -0.15) is 5.26 Å². The summed E-state index contributed by atoms with van der Waals surface area (Å²) in [4.78, 5) is 17.8. The Kier molecular flexibility index (Phi) is 16.5. The molecule has 10 rings (SSSR count). The molecule has 0 radical (unpaired) electrons. The van der Waals surface area contributed by atoms with E-state index in [0.717, 1.165) is 39.7 Å². The Labute approximate surface area is 419 Å². The summed E-state index contributed by atoms with van der Waals surface area (Å²) in [5.74, 6) is 3.86. The number of sulfone groups is 1. The molecule has 0 amide bonds. The van der Waals surface area contributed by atoms with Gasteiger partial charge in [0.25, 0.3) is 0 Å². The van der Waals surface area contributed by atoms with Gasteiger partial charge in [0.05, 0.1) is 22.4 Å². The molecule has 0 atom stereocenters. The molecule has 0 unspecified atom stereocenters. The van der Waals surface area contributed by atoms with Gasteiger partial charge >= 0.3 is 0 Å². The summed E-state index contributed by atoms with van der Waals surface area (Å²) in [5, 5.41) is 17.0. The number of nitrogens with zero attached hydrogens (tertiary/aromatic N) is 5. The van der Waals surface area contributed by atoms with Crippen LogP contribution in [0.3, 0.4) is 0 Å². The van der Waals surface area contributed by atoms with Crippen molar-refractivity contribution in [2.75, 3.05) is 0 Å². The lowest BCUT2D eigenvalue weighted by Crippen LogP contribution is -2.04. The normalized spacial score (nSPS) is 11.1. The van der Waals surface area contributed by atoms with Crippen LogP contribution in [0, 0.1) is 17.9 Å². The number of hydrogen-bond acceptors (Lipinski definition) is 6. The van der Waals surface area contributed by atoms with Crippen molar-refractivity contribution in [1.82, 2.24) is 15.0 Å². The van der Waals surface area contributed by atoms with Gasteiger partial charge in [0, 0.05) is 22.6 Å². The molecule has 1 heterocycles. The fraction of sp³-hybridized carbons (Fsp3) is 0.190. The second kappa shape index (κ2) is 23.0. The molecule has 0 fully saturated rings. The Morgan fingerprint density at radius 2 is 0.972 bits per heavy atom. The van der Waals surface area contributed by atoms with Crippen LogP contribution in [0.1, 0.15) is 107 Å². The van der Waals surface area contributed by atoms with E-state index >= 15 is 0 Å². The van der Waals surface area contributed by atoms with E-state index in [4.69, 9.17) is 11.8 Å². The van der Waals surface area contributed by atoms with Crippen molar-refractivity contribution in [3.8, 4) is 28.8 Å². The molecular formula is C63H59N5O2S. The van der Waals surface area contributed by atoms with Crippen LogP contribution in [0.4, 0.5) is 5.69 Å². The molecule has 7 nitrogen and oxygen atoms in total. The summed E-state index contributed by atoms with van der Waals surface area (Å²) < 4.78 is 24.6. The van der Waals surface area contributed by atoms with Crippen LogP contribution in [0.15, 0.2) is 198 Å². The van der Waals surface area contributed by atoms with Gasteiger partial charge in [0.2, 0.25) is 9.84 Å². The Morgan fingerprint density at radius 1 is 0.479 bits per heavy atom. The van der Waals surface area contributed by atoms with E-state index in [1.807, 2.05) is 98.8 Å². The molecule has 0 bridgehead atoms. The minimum atomic E-state index is -3.38. The lowest BCUT2D eigenvalue weighted by molar-refractivity contribution is 0.596. The number of benzene rings is 9. The Morgan fingerprint density at radius 3 is 1.46 bits per heavy atom.